The normalized spacial score (nSPS) is 15.6. The van der Waals surface area contributed by atoms with Crippen LogP contribution in [0.4, 0.5) is 0 Å². The molecule has 0 unspecified atom stereocenters. The Labute approximate surface area is 121 Å². The molecule has 1 saturated heterocycles. The minimum absolute atomic E-state index is 0.101. The van der Waals surface area contributed by atoms with E-state index in [1.165, 1.54) is 0 Å². The summed E-state index contributed by atoms with van der Waals surface area (Å²) in [4.78, 5) is 22.2. The molecule has 0 aromatic rings. The van der Waals surface area contributed by atoms with E-state index in [-0.39, 0.29) is 36.7 Å². The highest BCUT2D eigenvalue weighted by molar-refractivity contribution is 7.97. The van der Waals surface area contributed by atoms with Crippen LogP contribution in [-0.2, 0) is 39.4 Å². The molecule has 0 amide bonds. The van der Waals surface area contributed by atoms with Gasteiger partial charge in [0.2, 0.25) is 5.75 Å². The van der Waals surface area contributed by atoms with Crippen LogP contribution < -0.4 is 0 Å². The Balaban J connectivity index is 1.91. The maximum atomic E-state index is 11.5. The minimum atomic E-state index is -0.475. The topological polar surface area (TPSA) is 71.1 Å². The lowest BCUT2D eigenvalue weighted by atomic mass is 10.6. The lowest BCUT2D eigenvalue weighted by Crippen LogP contribution is -2.32. The maximum Gasteiger partial charge on any atom is 0.356 e. The Morgan fingerprint density at radius 3 is 2.40 bits per heavy atom. The van der Waals surface area contributed by atoms with Gasteiger partial charge in [0.15, 0.2) is 0 Å². The van der Waals surface area contributed by atoms with E-state index < -0.39 is 5.97 Å². The summed E-state index contributed by atoms with van der Waals surface area (Å²) in [5.41, 5.74) is 0. The van der Waals surface area contributed by atoms with Crippen LogP contribution in [-0.4, -0.2) is 68.8 Å². The third kappa shape index (κ3) is 8.19. The molecule has 0 aliphatic carbocycles. The van der Waals surface area contributed by atoms with Crippen molar-refractivity contribution in [2.75, 3.05) is 56.9 Å². The SMILES string of the molecule is C=CC(=O)OCCOCCOC(=O)C[S+]1CCOCC1. The highest BCUT2D eigenvalue weighted by atomic mass is 32.2. The quantitative estimate of drug-likeness (QED) is 0.257. The Bertz CT molecular complexity index is 314. The third-order valence-corrected chi connectivity index (χ3v) is 4.62. The summed E-state index contributed by atoms with van der Waals surface area (Å²) in [6.07, 6.45) is 1.10. The molecule has 1 rings (SSSR count). The molecule has 0 N–H and O–H groups in total. The van der Waals surface area contributed by atoms with Gasteiger partial charge in [-0.15, -0.1) is 0 Å². The first-order valence-corrected chi connectivity index (χ1v) is 8.20. The van der Waals surface area contributed by atoms with Gasteiger partial charge in [0.1, 0.15) is 24.7 Å². The van der Waals surface area contributed by atoms with Gasteiger partial charge in [-0.05, 0) is 0 Å². The van der Waals surface area contributed by atoms with Gasteiger partial charge >= 0.3 is 11.9 Å². The molecular weight excluding hydrogens is 284 g/mol. The van der Waals surface area contributed by atoms with E-state index in [2.05, 4.69) is 6.58 Å². The average Bonchev–Trinajstić information content (AvgIpc) is 2.47. The second-order valence-electron chi connectivity index (χ2n) is 3.98. The predicted octanol–water partition coefficient (Wildman–Crippen LogP) is -0.0761. The first kappa shape index (κ1) is 17.0. The Morgan fingerprint density at radius 1 is 1.10 bits per heavy atom. The molecule has 1 aliphatic heterocycles. The van der Waals surface area contributed by atoms with Crippen molar-refractivity contribution in [2.45, 2.75) is 0 Å². The van der Waals surface area contributed by atoms with Crippen LogP contribution in [0, 0.1) is 0 Å². The van der Waals surface area contributed by atoms with E-state index in [0.717, 1.165) is 30.8 Å². The van der Waals surface area contributed by atoms with Gasteiger partial charge in [0.05, 0.1) is 26.4 Å². The smallest absolute Gasteiger partial charge is 0.356 e. The number of hydrogen-bond donors (Lipinski definition) is 0. The van der Waals surface area contributed by atoms with E-state index in [9.17, 15) is 9.59 Å². The molecule has 0 aromatic carbocycles. The molecular formula is C13H21O6S+. The van der Waals surface area contributed by atoms with Crippen LogP contribution in [0.25, 0.3) is 0 Å². The first-order chi connectivity index (χ1) is 9.72. The standard InChI is InChI=1S/C13H21O6S/c1-2-12(14)18-5-3-16-4-6-19-13(15)11-20-9-7-17-8-10-20/h2H,1,3-11H2/q+1. The van der Waals surface area contributed by atoms with Crippen molar-refractivity contribution in [3.05, 3.63) is 12.7 Å². The molecule has 0 bridgehead atoms. The number of esters is 2. The summed E-state index contributed by atoms with van der Waals surface area (Å²) < 4.78 is 20.2. The van der Waals surface area contributed by atoms with Crippen molar-refractivity contribution < 1.29 is 28.5 Å². The summed E-state index contributed by atoms with van der Waals surface area (Å²) in [6.45, 7) is 5.72. The number of rotatable bonds is 9. The van der Waals surface area contributed by atoms with E-state index >= 15 is 0 Å². The molecule has 0 aromatic heterocycles. The van der Waals surface area contributed by atoms with Crippen LogP contribution in [0.3, 0.4) is 0 Å². The molecule has 20 heavy (non-hydrogen) atoms. The summed E-state index contributed by atoms with van der Waals surface area (Å²) in [7, 11) is 0.101. The van der Waals surface area contributed by atoms with Gasteiger partial charge in [0.25, 0.3) is 0 Å². The number of carbonyl (C=O) groups excluding carboxylic acids is 2. The fraction of sp³-hybridized carbons (Fsp3) is 0.692. The second-order valence-corrected chi connectivity index (χ2v) is 6.31. The van der Waals surface area contributed by atoms with E-state index in [4.69, 9.17) is 18.9 Å². The highest BCUT2D eigenvalue weighted by Gasteiger charge is 2.26. The third-order valence-electron chi connectivity index (χ3n) is 2.48. The fourth-order valence-electron chi connectivity index (χ4n) is 1.49. The van der Waals surface area contributed by atoms with Crippen molar-refractivity contribution in [3.63, 3.8) is 0 Å². The molecule has 1 fully saturated rings. The monoisotopic (exact) mass is 305 g/mol. The lowest BCUT2D eigenvalue weighted by molar-refractivity contribution is -0.142. The van der Waals surface area contributed by atoms with Crippen LogP contribution >= 0.6 is 0 Å². The maximum absolute atomic E-state index is 11.5. The van der Waals surface area contributed by atoms with Crippen LogP contribution in [0.1, 0.15) is 0 Å². The average molecular weight is 305 g/mol. The lowest BCUT2D eigenvalue weighted by Gasteiger charge is -2.13. The fourth-order valence-corrected chi connectivity index (χ4v) is 3.10. The molecule has 6 nitrogen and oxygen atoms in total. The van der Waals surface area contributed by atoms with Gasteiger partial charge < -0.3 is 18.9 Å². The molecule has 0 radical (unpaired) electrons. The Morgan fingerprint density at radius 2 is 1.75 bits per heavy atom. The second kappa shape index (κ2) is 10.7. The van der Waals surface area contributed by atoms with Crippen molar-refractivity contribution in [1.82, 2.24) is 0 Å². The zero-order chi connectivity index (χ0) is 14.6. The van der Waals surface area contributed by atoms with E-state index in [0.29, 0.717) is 12.4 Å². The number of carbonyl (C=O) groups is 2. The van der Waals surface area contributed by atoms with Crippen LogP contribution in [0.15, 0.2) is 12.7 Å². The summed E-state index contributed by atoms with van der Waals surface area (Å²) in [5, 5.41) is 0. The van der Waals surface area contributed by atoms with Gasteiger partial charge in [-0.2, -0.15) is 0 Å². The van der Waals surface area contributed by atoms with Crippen molar-refractivity contribution in [2.24, 2.45) is 0 Å². The number of hydrogen-bond acceptors (Lipinski definition) is 6. The van der Waals surface area contributed by atoms with Gasteiger partial charge in [0, 0.05) is 17.0 Å². The zero-order valence-corrected chi connectivity index (χ0v) is 12.3. The van der Waals surface area contributed by atoms with E-state index in [1.807, 2.05) is 0 Å². The van der Waals surface area contributed by atoms with Crippen LogP contribution in [0.5, 0.6) is 0 Å². The summed E-state index contributed by atoms with van der Waals surface area (Å²) in [6, 6.07) is 0. The minimum Gasteiger partial charge on any atom is -0.460 e. The zero-order valence-electron chi connectivity index (χ0n) is 11.5. The first-order valence-electron chi connectivity index (χ1n) is 6.47. The molecule has 114 valence electrons. The predicted molar refractivity (Wildman–Crippen MR) is 75.7 cm³/mol. The molecule has 1 aliphatic rings. The van der Waals surface area contributed by atoms with Crippen molar-refractivity contribution in [1.29, 1.82) is 0 Å². The van der Waals surface area contributed by atoms with Crippen molar-refractivity contribution >= 4 is 22.8 Å². The van der Waals surface area contributed by atoms with Crippen molar-refractivity contribution in [3.8, 4) is 0 Å². The van der Waals surface area contributed by atoms with Crippen LogP contribution in [0.2, 0.25) is 0 Å². The van der Waals surface area contributed by atoms with Gasteiger partial charge in [-0.3, -0.25) is 0 Å². The summed E-state index contributed by atoms with van der Waals surface area (Å²) in [5.74, 6) is 1.70. The Hall–Kier alpha value is -1.05. The molecule has 7 heteroatoms. The molecule has 0 spiro atoms. The molecule has 0 atom stereocenters. The molecule has 1 heterocycles. The van der Waals surface area contributed by atoms with Gasteiger partial charge in [-0.1, -0.05) is 6.58 Å². The highest BCUT2D eigenvalue weighted by Crippen LogP contribution is 2.04. The van der Waals surface area contributed by atoms with Gasteiger partial charge in [-0.25, -0.2) is 9.59 Å². The Kier molecular flexibility index (Phi) is 9.10. The largest absolute Gasteiger partial charge is 0.460 e. The molecule has 0 saturated carbocycles. The summed E-state index contributed by atoms with van der Waals surface area (Å²) >= 11 is 0. The van der Waals surface area contributed by atoms with E-state index in [1.54, 1.807) is 0 Å². The number of ether oxygens (including phenoxy) is 4.